The van der Waals surface area contributed by atoms with Crippen LogP contribution in [0.15, 0.2) is 27.3 Å². The molecule has 3 aliphatic rings. The van der Waals surface area contributed by atoms with Crippen LogP contribution in [0.3, 0.4) is 0 Å². The zero-order chi connectivity index (χ0) is 45.6. The van der Waals surface area contributed by atoms with Gasteiger partial charge in [-0.25, -0.2) is 0 Å². The molecular weight excluding hydrogens is 823 g/mol. The standard InChI is InChI=1S/C50H57NO13/c1-24-16-32-33(18-26-8-6-9-27(17-26)49(58)63-14-12-60-3)46(51-31-11-7-10-28(19-31)50(59)64-15-13-61-4)40-34(55)20-29(22-52)37-38-30(23-53)21-35(56)41-43(38)44(39(32)42(37)40)45(36(24)25(2)54)48(62-5)47(41)57/h16,20-21,26-28,31,36,51-53,57H,6-15,17-19,22-23H2,1-5H3. The van der Waals surface area contributed by atoms with Crippen molar-refractivity contribution >= 4 is 72.6 Å². The highest BCUT2D eigenvalue weighted by Gasteiger charge is 2.39. The van der Waals surface area contributed by atoms with Gasteiger partial charge >= 0.3 is 11.9 Å². The zero-order valence-corrected chi connectivity index (χ0v) is 37.1. The Bertz CT molecular complexity index is 2800. The summed E-state index contributed by atoms with van der Waals surface area (Å²) in [4.78, 5) is 70.0. The molecule has 0 bridgehead atoms. The average molecular weight is 880 g/mol. The molecule has 5 atom stereocenters. The number of rotatable bonds is 16. The summed E-state index contributed by atoms with van der Waals surface area (Å²) in [5.74, 6) is -3.09. The highest BCUT2D eigenvalue weighted by molar-refractivity contribution is 6.39. The number of anilines is 1. The molecule has 0 aliphatic heterocycles. The van der Waals surface area contributed by atoms with E-state index in [-0.39, 0.29) is 89.7 Å². The Kier molecular flexibility index (Phi) is 13.1. The fourth-order valence-electron chi connectivity index (χ4n) is 11.3. The lowest BCUT2D eigenvalue weighted by Gasteiger charge is -2.33. The van der Waals surface area contributed by atoms with Crippen molar-refractivity contribution in [3.05, 3.63) is 66.0 Å². The van der Waals surface area contributed by atoms with E-state index >= 15 is 4.79 Å². The maximum Gasteiger partial charge on any atom is 0.309 e. The summed E-state index contributed by atoms with van der Waals surface area (Å²) >= 11 is 0. The Morgan fingerprint density at radius 1 is 0.719 bits per heavy atom. The SMILES string of the molecule is COCCOC(=O)C1CCCC(Cc2c(NC3CCCC(C(=O)OCCOC)C3)c3c(=O)cc(CO)c4c5c(CO)cc(=O)c6c(O)c(OC)c7c(c(c2C=C(C)C7C(C)=O)c34)c65)C1. The fraction of sp³-hybridized carbons (Fsp3) is 0.500. The van der Waals surface area contributed by atoms with E-state index in [4.69, 9.17) is 23.7 Å². The second kappa shape index (κ2) is 18.6. The molecule has 5 aromatic rings. The molecule has 0 amide bonds. The van der Waals surface area contributed by atoms with Gasteiger partial charge in [0.1, 0.15) is 19.0 Å². The van der Waals surface area contributed by atoms with Gasteiger partial charge in [0.05, 0.1) is 67.8 Å². The molecule has 0 saturated heterocycles. The summed E-state index contributed by atoms with van der Waals surface area (Å²) in [5, 5.41) is 40.7. The molecule has 8 rings (SSSR count). The third kappa shape index (κ3) is 7.71. The second-order valence-electron chi connectivity index (χ2n) is 17.8. The third-order valence-corrected chi connectivity index (χ3v) is 14.0. The predicted octanol–water partition coefficient (Wildman–Crippen LogP) is 6.38. The van der Waals surface area contributed by atoms with Gasteiger partial charge in [-0.15, -0.1) is 0 Å². The van der Waals surface area contributed by atoms with Gasteiger partial charge < -0.3 is 44.3 Å². The number of carbonyl (C=O) groups is 3. The van der Waals surface area contributed by atoms with E-state index in [0.717, 1.165) is 24.8 Å². The number of methoxy groups -OCH3 is 3. The Morgan fingerprint density at radius 3 is 1.88 bits per heavy atom. The van der Waals surface area contributed by atoms with Crippen LogP contribution in [0.2, 0.25) is 0 Å². The number of phenols is 1. The van der Waals surface area contributed by atoms with Crippen molar-refractivity contribution in [1.29, 1.82) is 0 Å². The smallest absolute Gasteiger partial charge is 0.309 e. The monoisotopic (exact) mass is 879 g/mol. The van der Waals surface area contributed by atoms with Crippen LogP contribution in [0.4, 0.5) is 5.69 Å². The Hall–Kier alpha value is -5.41. The third-order valence-electron chi connectivity index (χ3n) is 14.0. The first-order chi connectivity index (χ1) is 30.9. The molecule has 0 radical (unpaired) electrons. The number of aromatic hydroxyl groups is 1. The average Bonchev–Trinajstić information content (AvgIpc) is 3.41. The number of benzene rings is 5. The maximum absolute atomic E-state index is 15.0. The second-order valence-corrected chi connectivity index (χ2v) is 17.8. The van der Waals surface area contributed by atoms with Gasteiger partial charge in [-0.1, -0.05) is 30.9 Å². The summed E-state index contributed by atoms with van der Waals surface area (Å²) in [7, 11) is 4.46. The number of hydrogen-bond acceptors (Lipinski definition) is 14. The molecule has 14 heteroatoms. The molecule has 340 valence electrons. The molecule has 2 saturated carbocycles. The number of ether oxygens (including phenoxy) is 5. The van der Waals surface area contributed by atoms with Crippen molar-refractivity contribution in [2.24, 2.45) is 17.8 Å². The number of carbonyl (C=O) groups excluding carboxylic acids is 3. The van der Waals surface area contributed by atoms with E-state index < -0.39 is 36.2 Å². The highest BCUT2D eigenvalue weighted by atomic mass is 16.6. The topological polar surface area (TPSA) is 204 Å². The predicted molar refractivity (Wildman–Crippen MR) is 243 cm³/mol. The van der Waals surface area contributed by atoms with Gasteiger partial charge in [-0.05, 0) is 114 Å². The van der Waals surface area contributed by atoms with Crippen LogP contribution >= 0.6 is 0 Å². The van der Waals surface area contributed by atoms with Crippen molar-refractivity contribution in [2.45, 2.75) is 96.8 Å². The van der Waals surface area contributed by atoms with E-state index in [2.05, 4.69) is 5.32 Å². The number of ketones is 1. The lowest BCUT2D eigenvalue weighted by molar-refractivity contribution is -0.152. The van der Waals surface area contributed by atoms with Gasteiger partial charge in [0.2, 0.25) is 0 Å². The molecule has 64 heavy (non-hydrogen) atoms. The van der Waals surface area contributed by atoms with E-state index in [1.165, 1.54) is 26.2 Å². The molecule has 4 N–H and O–H groups in total. The van der Waals surface area contributed by atoms with Gasteiger partial charge in [-0.2, -0.15) is 0 Å². The number of aliphatic hydroxyl groups excluding tert-OH is 2. The van der Waals surface area contributed by atoms with E-state index in [0.29, 0.717) is 98.6 Å². The van der Waals surface area contributed by atoms with E-state index in [1.807, 2.05) is 13.0 Å². The molecular formula is C50H57NO13. The first kappa shape index (κ1) is 45.2. The van der Waals surface area contributed by atoms with Crippen LogP contribution in [0, 0.1) is 17.8 Å². The molecule has 0 aromatic heterocycles. The van der Waals surface area contributed by atoms with Gasteiger partial charge in [0, 0.05) is 36.6 Å². The molecule has 5 aromatic carbocycles. The van der Waals surface area contributed by atoms with Crippen LogP contribution in [0.25, 0.3) is 49.2 Å². The number of nitrogens with one attached hydrogen (secondary N) is 1. The highest BCUT2D eigenvalue weighted by Crippen LogP contribution is 2.56. The fourth-order valence-corrected chi connectivity index (χ4v) is 11.3. The van der Waals surface area contributed by atoms with Crippen molar-refractivity contribution in [3.63, 3.8) is 0 Å². The number of Topliss-reactive ketones (excluding diaryl/α,β-unsaturated/α-hetero) is 1. The molecule has 0 heterocycles. The van der Waals surface area contributed by atoms with Gasteiger partial charge in [0.15, 0.2) is 22.4 Å². The number of aliphatic hydroxyl groups is 2. The molecule has 5 unspecified atom stereocenters. The number of allylic oxidation sites excluding steroid dienone is 1. The minimum atomic E-state index is -0.953. The van der Waals surface area contributed by atoms with Crippen molar-refractivity contribution in [2.75, 3.05) is 53.1 Å². The molecule has 3 aliphatic carbocycles. The maximum atomic E-state index is 15.0. The summed E-state index contributed by atoms with van der Waals surface area (Å²) in [5.41, 5.74) is 2.51. The van der Waals surface area contributed by atoms with E-state index in [1.54, 1.807) is 14.2 Å². The summed E-state index contributed by atoms with van der Waals surface area (Å²) in [6.07, 6.45) is 7.60. The van der Waals surface area contributed by atoms with Gasteiger partial charge in [-0.3, -0.25) is 24.0 Å². The quantitative estimate of drug-likeness (QED) is 0.0368. The van der Waals surface area contributed by atoms with Gasteiger partial charge in [0.25, 0.3) is 0 Å². The largest absolute Gasteiger partial charge is 0.504 e. The van der Waals surface area contributed by atoms with Crippen molar-refractivity contribution in [3.8, 4) is 11.5 Å². The van der Waals surface area contributed by atoms with Crippen LogP contribution in [-0.2, 0) is 53.0 Å². The first-order valence-electron chi connectivity index (χ1n) is 22.3. The number of phenolic OH excluding ortho intramolecular Hbond substituents is 1. The van der Waals surface area contributed by atoms with Crippen molar-refractivity contribution < 1.29 is 53.4 Å². The van der Waals surface area contributed by atoms with E-state index in [9.17, 15) is 34.5 Å². The summed E-state index contributed by atoms with van der Waals surface area (Å²) < 4.78 is 27.3. The molecule has 2 fully saturated rings. The number of esters is 2. The normalized spacial score (nSPS) is 21.1. The Morgan fingerprint density at radius 2 is 1.30 bits per heavy atom. The van der Waals surface area contributed by atoms with Crippen LogP contribution in [0.5, 0.6) is 11.5 Å². The lowest BCUT2D eigenvalue weighted by atomic mass is 9.75. The number of fused-ring (bicyclic) bond motifs is 1. The van der Waals surface area contributed by atoms with Crippen LogP contribution in [-0.4, -0.2) is 86.8 Å². The Balaban J connectivity index is 1.48. The number of hydrogen-bond donors (Lipinski definition) is 4. The molecule has 14 nitrogen and oxygen atoms in total. The van der Waals surface area contributed by atoms with Crippen LogP contribution in [0.1, 0.15) is 98.9 Å². The lowest BCUT2D eigenvalue weighted by Crippen LogP contribution is -2.33. The zero-order valence-electron chi connectivity index (χ0n) is 37.1. The first-order valence-corrected chi connectivity index (χ1v) is 22.3. The van der Waals surface area contributed by atoms with Crippen LogP contribution < -0.4 is 20.9 Å². The summed E-state index contributed by atoms with van der Waals surface area (Å²) in [6.45, 7) is 3.01. The minimum absolute atomic E-state index is 0.0446. The molecule has 0 spiro atoms. The Labute approximate surface area is 370 Å². The summed E-state index contributed by atoms with van der Waals surface area (Å²) in [6, 6.07) is 2.38. The minimum Gasteiger partial charge on any atom is -0.504 e. The van der Waals surface area contributed by atoms with Crippen molar-refractivity contribution in [1.82, 2.24) is 0 Å².